The van der Waals surface area contributed by atoms with Gasteiger partial charge in [-0.15, -0.1) is 0 Å². The van der Waals surface area contributed by atoms with E-state index in [0.717, 1.165) is 22.3 Å². The maximum atomic E-state index is 10.3. The predicted molar refractivity (Wildman–Crippen MR) is 102 cm³/mol. The molecule has 0 aliphatic carbocycles. The molecule has 0 aromatic carbocycles. The van der Waals surface area contributed by atoms with Crippen LogP contribution in [0.25, 0.3) is 0 Å². The molecule has 0 spiro atoms. The number of unbranched alkanes of at least 4 members (excludes halogenated alkanes) is 1. The Balaban J connectivity index is 2.07. The van der Waals surface area contributed by atoms with Crippen molar-refractivity contribution in [1.29, 1.82) is 0 Å². The fourth-order valence-corrected chi connectivity index (χ4v) is 3.84. The summed E-state index contributed by atoms with van der Waals surface area (Å²) in [4.78, 5) is 0. The van der Waals surface area contributed by atoms with E-state index >= 15 is 0 Å². The van der Waals surface area contributed by atoms with Gasteiger partial charge in [-0.25, -0.2) is 0 Å². The molecule has 0 saturated carbocycles. The van der Waals surface area contributed by atoms with E-state index in [1.54, 1.807) is 9.13 Å². The predicted octanol–water partition coefficient (Wildman–Crippen LogP) is 3.84. The largest absolute Gasteiger partial charge is 0.494 e. The van der Waals surface area contributed by atoms with Crippen molar-refractivity contribution < 1.29 is 20.4 Å². The Hall–Kier alpha value is -2.24. The number of nitrogens with zero attached hydrogens (tertiary/aromatic N) is 2. The highest BCUT2D eigenvalue weighted by Crippen LogP contribution is 2.36. The summed E-state index contributed by atoms with van der Waals surface area (Å²) in [7, 11) is 0. The molecule has 0 saturated heterocycles. The number of rotatable bonds is 9. The Bertz CT molecular complexity index is 640. The molecular weight excluding hydrogens is 332 g/mol. The van der Waals surface area contributed by atoms with Crippen molar-refractivity contribution in [2.24, 2.45) is 0 Å². The third-order valence-corrected chi connectivity index (χ3v) is 5.26. The molecule has 26 heavy (non-hydrogen) atoms. The molecular formula is C20H32N2O4. The quantitative estimate of drug-likeness (QED) is 0.509. The van der Waals surface area contributed by atoms with Gasteiger partial charge < -0.3 is 20.4 Å². The molecule has 0 fully saturated rings. The summed E-state index contributed by atoms with van der Waals surface area (Å²) in [6.07, 6.45) is 4.14. The average Bonchev–Trinajstić information content (AvgIpc) is 3.01. The van der Waals surface area contributed by atoms with Crippen molar-refractivity contribution >= 4 is 0 Å². The van der Waals surface area contributed by atoms with Crippen LogP contribution in [0.4, 0.5) is 0 Å². The molecule has 0 atom stereocenters. The van der Waals surface area contributed by atoms with Gasteiger partial charge in [-0.1, -0.05) is 27.7 Å². The summed E-state index contributed by atoms with van der Waals surface area (Å²) in [5.74, 6) is 0.593. The zero-order valence-corrected chi connectivity index (χ0v) is 16.3. The smallest absolute Gasteiger partial charge is 0.197 e. The molecule has 6 nitrogen and oxygen atoms in total. The fraction of sp³-hybridized carbons (Fsp3) is 0.600. The minimum absolute atomic E-state index is 0.148. The van der Waals surface area contributed by atoms with Crippen LogP contribution in [0.2, 0.25) is 0 Å². The minimum Gasteiger partial charge on any atom is -0.494 e. The van der Waals surface area contributed by atoms with Gasteiger partial charge in [0, 0.05) is 35.3 Å². The van der Waals surface area contributed by atoms with Crippen molar-refractivity contribution in [3.63, 3.8) is 0 Å². The summed E-state index contributed by atoms with van der Waals surface area (Å²) >= 11 is 0. The summed E-state index contributed by atoms with van der Waals surface area (Å²) < 4.78 is 3.12. The van der Waals surface area contributed by atoms with E-state index in [0.29, 0.717) is 51.6 Å². The molecule has 0 aliphatic heterocycles. The van der Waals surface area contributed by atoms with Crippen molar-refractivity contribution in [2.75, 3.05) is 0 Å². The molecule has 2 aromatic heterocycles. The normalized spacial score (nSPS) is 11.4. The Labute approximate surface area is 155 Å². The van der Waals surface area contributed by atoms with Gasteiger partial charge >= 0.3 is 0 Å². The number of aromatic nitrogens is 2. The van der Waals surface area contributed by atoms with Gasteiger partial charge in [-0.3, -0.25) is 9.13 Å². The Morgan fingerprint density at radius 3 is 0.923 bits per heavy atom. The summed E-state index contributed by atoms with van der Waals surface area (Å²) in [5, 5.41) is 41.4. The van der Waals surface area contributed by atoms with Gasteiger partial charge in [0.05, 0.1) is 0 Å². The summed E-state index contributed by atoms with van der Waals surface area (Å²) in [6.45, 7) is 8.85. The van der Waals surface area contributed by atoms with E-state index in [4.69, 9.17) is 0 Å². The standard InChI is InChI=1S/C20H32N2O4/c1-5-13-14(6-2)18(24)21(17(13)23)11-9-10-12-22-19(25)15(7-3)16(8-4)20(22)26/h23-26H,5-12H2,1-4H3. The number of aromatic hydroxyl groups is 4. The van der Waals surface area contributed by atoms with Gasteiger partial charge in [0.25, 0.3) is 0 Å². The van der Waals surface area contributed by atoms with E-state index in [9.17, 15) is 20.4 Å². The van der Waals surface area contributed by atoms with Crippen LogP contribution in [0.3, 0.4) is 0 Å². The van der Waals surface area contributed by atoms with Crippen molar-refractivity contribution in [2.45, 2.75) is 79.3 Å². The van der Waals surface area contributed by atoms with Crippen LogP contribution in [0.5, 0.6) is 23.5 Å². The second kappa shape index (κ2) is 8.43. The number of hydrogen-bond donors (Lipinski definition) is 4. The Morgan fingerprint density at radius 2 is 0.731 bits per heavy atom. The molecule has 0 unspecified atom stereocenters. The van der Waals surface area contributed by atoms with Crippen molar-refractivity contribution in [3.8, 4) is 23.5 Å². The first-order valence-electron chi connectivity index (χ1n) is 9.66. The average molecular weight is 364 g/mol. The lowest BCUT2D eigenvalue weighted by molar-refractivity contribution is 0.343. The molecule has 0 bridgehead atoms. The third kappa shape index (κ3) is 3.37. The molecule has 0 amide bonds. The van der Waals surface area contributed by atoms with Crippen LogP contribution >= 0.6 is 0 Å². The lowest BCUT2D eigenvalue weighted by Crippen LogP contribution is -2.02. The van der Waals surface area contributed by atoms with Gasteiger partial charge in [-0.2, -0.15) is 0 Å². The highest BCUT2D eigenvalue weighted by atomic mass is 16.3. The van der Waals surface area contributed by atoms with Crippen molar-refractivity contribution in [1.82, 2.24) is 9.13 Å². The van der Waals surface area contributed by atoms with Crippen LogP contribution < -0.4 is 0 Å². The fourth-order valence-electron chi connectivity index (χ4n) is 3.84. The van der Waals surface area contributed by atoms with E-state index in [2.05, 4.69) is 0 Å². The maximum absolute atomic E-state index is 10.3. The van der Waals surface area contributed by atoms with Crippen LogP contribution in [0.15, 0.2) is 0 Å². The Morgan fingerprint density at radius 1 is 0.500 bits per heavy atom. The monoisotopic (exact) mass is 364 g/mol. The Kier molecular flexibility index (Phi) is 6.51. The molecule has 0 radical (unpaired) electrons. The van der Waals surface area contributed by atoms with Crippen LogP contribution in [0.1, 0.15) is 62.8 Å². The summed E-state index contributed by atoms with van der Waals surface area (Å²) in [5.41, 5.74) is 3.24. The highest BCUT2D eigenvalue weighted by Gasteiger charge is 2.21. The maximum Gasteiger partial charge on any atom is 0.197 e. The minimum atomic E-state index is 0.148. The molecule has 146 valence electrons. The second-order valence-electron chi connectivity index (χ2n) is 6.63. The molecule has 6 heteroatoms. The van der Waals surface area contributed by atoms with Gasteiger partial charge in [0.15, 0.2) is 23.5 Å². The lowest BCUT2D eigenvalue weighted by Gasteiger charge is -2.09. The molecule has 0 aliphatic rings. The van der Waals surface area contributed by atoms with E-state index < -0.39 is 0 Å². The van der Waals surface area contributed by atoms with Gasteiger partial charge in [-0.05, 0) is 38.5 Å². The topological polar surface area (TPSA) is 90.8 Å². The van der Waals surface area contributed by atoms with Crippen LogP contribution in [-0.2, 0) is 38.8 Å². The van der Waals surface area contributed by atoms with Crippen LogP contribution in [-0.4, -0.2) is 29.6 Å². The lowest BCUT2D eigenvalue weighted by atomic mass is 10.1. The van der Waals surface area contributed by atoms with E-state index in [1.807, 2.05) is 27.7 Å². The first-order chi connectivity index (χ1) is 12.4. The second-order valence-corrected chi connectivity index (χ2v) is 6.63. The first-order valence-corrected chi connectivity index (χ1v) is 9.66. The first kappa shape index (κ1) is 20.1. The van der Waals surface area contributed by atoms with Gasteiger partial charge in [0.1, 0.15) is 0 Å². The molecule has 2 heterocycles. The van der Waals surface area contributed by atoms with E-state index in [1.165, 1.54) is 0 Å². The molecule has 4 N–H and O–H groups in total. The third-order valence-electron chi connectivity index (χ3n) is 5.26. The van der Waals surface area contributed by atoms with E-state index in [-0.39, 0.29) is 23.5 Å². The summed E-state index contributed by atoms with van der Waals surface area (Å²) in [6, 6.07) is 0. The van der Waals surface area contributed by atoms with Crippen molar-refractivity contribution in [3.05, 3.63) is 22.3 Å². The number of hydrogen-bond acceptors (Lipinski definition) is 4. The molecule has 2 aromatic rings. The highest BCUT2D eigenvalue weighted by molar-refractivity contribution is 5.46. The SMILES string of the molecule is CCc1c(CC)c(O)n(CCCCn2c(O)c(CC)c(CC)c2O)c1O. The van der Waals surface area contributed by atoms with Gasteiger partial charge in [0.2, 0.25) is 0 Å². The zero-order valence-electron chi connectivity index (χ0n) is 16.3. The molecule has 2 rings (SSSR count). The zero-order chi connectivity index (χ0) is 19.4. The van der Waals surface area contributed by atoms with Crippen LogP contribution in [0, 0.1) is 0 Å².